The second-order valence-electron chi connectivity index (χ2n) is 4.86. The zero-order valence-corrected chi connectivity index (χ0v) is 11.0. The molecular formula is C14H22N2O. The molecule has 1 heterocycles. The number of benzene rings is 1. The van der Waals surface area contributed by atoms with Gasteiger partial charge in [-0.1, -0.05) is 12.1 Å². The number of piperidine rings is 1. The summed E-state index contributed by atoms with van der Waals surface area (Å²) in [5.41, 5.74) is 1.51. The second kappa shape index (κ2) is 5.07. The average Bonchev–Trinajstić information content (AvgIpc) is 2.40. The molecule has 1 N–H and O–H groups in total. The maximum absolute atomic E-state index is 5.21. The number of likely N-dealkylation sites (tertiary alicyclic amines) is 1. The van der Waals surface area contributed by atoms with Crippen LogP contribution in [-0.4, -0.2) is 39.2 Å². The van der Waals surface area contributed by atoms with Crippen LogP contribution >= 0.6 is 0 Å². The largest absolute Gasteiger partial charge is 0.497 e. The average molecular weight is 234 g/mol. The Balaban J connectivity index is 2.21. The smallest absolute Gasteiger partial charge is 0.118 e. The molecule has 0 amide bonds. The van der Waals surface area contributed by atoms with Gasteiger partial charge in [0.2, 0.25) is 0 Å². The normalized spacial score (nSPS) is 20.2. The van der Waals surface area contributed by atoms with Gasteiger partial charge in [0.15, 0.2) is 0 Å². The lowest BCUT2D eigenvalue weighted by Gasteiger charge is -2.41. The van der Waals surface area contributed by atoms with E-state index in [9.17, 15) is 0 Å². The SMILES string of the molecule is CNC1(c2ccc(OC)cc2)CCN(C)CC1. The summed E-state index contributed by atoms with van der Waals surface area (Å²) < 4.78 is 5.21. The van der Waals surface area contributed by atoms with Crippen molar-refractivity contribution in [2.24, 2.45) is 0 Å². The summed E-state index contributed by atoms with van der Waals surface area (Å²) in [4.78, 5) is 2.39. The molecule has 1 aliphatic rings. The molecule has 0 atom stereocenters. The summed E-state index contributed by atoms with van der Waals surface area (Å²) in [6, 6.07) is 8.46. The number of nitrogens with one attached hydrogen (secondary N) is 1. The standard InChI is InChI=1S/C14H22N2O/c1-15-14(8-10-16(2)11-9-14)12-4-6-13(17-3)7-5-12/h4-7,15H,8-11H2,1-3H3. The Morgan fingerprint density at radius 3 is 2.24 bits per heavy atom. The fraction of sp³-hybridized carbons (Fsp3) is 0.571. The molecule has 17 heavy (non-hydrogen) atoms. The molecular weight excluding hydrogens is 212 g/mol. The lowest BCUT2D eigenvalue weighted by atomic mass is 9.81. The zero-order valence-electron chi connectivity index (χ0n) is 11.0. The Labute approximate surface area is 104 Å². The molecule has 2 rings (SSSR count). The van der Waals surface area contributed by atoms with E-state index in [1.54, 1.807) is 7.11 Å². The van der Waals surface area contributed by atoms with Crippen molar-refractivity contribution in [3.63, 3.8) is 0 Å². The van der Waals surface area contributed by atoms with E-state index < -0.39 is 0 Å². The minimum absolute atomic E-state index is 0.138. The number of ether oxygens (including phenoxy) is 1. The maximum Gasteiger partial charge on any atom is 0.118 e. The van der Waals surface area contributed by atoms with Gasteiger partial charge in [-0.3, -0.25) is 0 Å². The zero-order chi connectivity index (χ0) is 12.3. The van der Waals surface area contributed by atoms with Crippen molar-refractivity contribution < 1.29 is 4.74 Å². The Hall–Kier alpha value is -1.06. The van der Waals surface area contributed by atoms with Crippen molar-refractivity contribution in [2.45, 2.75) is 18.4 Å². The molecule has 0 bridgehead atoms. The van der Waals surface area contributed by atoms with Gasteiger partial charge in [-0.2, -0.15) is 0 Å². The van der Waals surface area contributed by atoms with Gasteiger partial charge < -0.3 is 15.0 Å². The number of rotatable bonds is 3. The van der Waals surface area contributed by atoms with E-state index in [1.807, 2.05) is 12.1 Å². The first-order valence-electron chi connectivity index (χ1n) is 6.22. The van der Waals surface area contributed by atoms with Crippen LogP contribution in [0.4, 0.5) is 0 Å². The van der Waals surface area contributed by atoms with Crippen LogP contribution in [0.25, 0.3) is 0 Å². The minimum atomic E-state index is 0.138. The van der Waals surface area contributed by atoms with Gasteiger partial charge in [0.1, 0.15) is 5.75 Å². The Morgan fingerprint density at radius 1 is 1.18 bits per heavy atom. The van der Waals surface area contributed by atoms with E-state index in [0.717, 1.165) is 31.7 Å². The maximum atomic E-state index is 5.21. The third kappa shape index (κ3) is 2.45. The van der Waals surface area contributed by atoms with Crippen LogP contribution < -0.4 is 10.1 Å². The minimum Gasteiger partial charge on any atom is -0.497 e. The van der Waals surface area contributed by atoms with Crippen LogP contribution in [0.2, 0.25) is 0 Å². The van der Waals surface area contributed by atoms with Crippen LogP contribution in [0, 0.1) is 0 Å². The van der Waals surface area contributed by atoms with Crippen molar-refractivity contribution >= 4 is 0 Å². The molecule has 1 aliphatic heterocycles. The molecule has 0 saturated carbocycles. The number of hydrogen-bond donors (Lipinski definition) is 1. The van der Waals surface area contributed by atoms with Crippen LogP contribution in [-0.2, 0) is 5.54 Å². The van der Waals surface area contributed by atoms with Crippen molar-refractivity contribution in [2.75, 3.05) is 34.3 Å². The fourth-order valence-corrected chi connectivity index (χ4v) is 2.59. The number of nitrogens with zero attached hydrogens (tertiary/aromatic N) is 1. The van der Waals surface area contributed by atoms with Gasteiger partial charge in [0.05, 0.1) is 7.11 Å². The molecule has 1 aromatic rings. The lowest BCUT2D eigenvalue weighted by Crippen LogP contribution is -2.48. The van der Waals surface area contributed by atoms with Crippen LogP contribution in [0.1, 0.15) is 18.4 Å². The number of methoxy groups -OCH3 is 1. The fourth-order valence-electron chi connectivity index (χ4n) is 2.59. The lowest BCUT2D eigenvalue weighted by molar-refractivity contribution is 0.164. The van der Waals surface area contributed by atoms with Gasteiger partial charge in [0, 0.05) is 5.54 Å². The summed E-state index contributed by atoms with van der Waals surface area (Å²) in [7, 11) is 5.96. The van der Waals surface area contributed by atoms with Crippen molar-refractivity contribution in [3.8, 4) is 5.75 Å². The summed E-state index contributed by atoms with van der Waals surface area (Å²) in [5.74, 6) is 0.924. The third-order valence-corrected chi connectivity index (χ3v) is 3.96. The molecule has 0 aliphatic carbocycles. The van der Waals surface area contributed by atoms with Crippen LogP contribution in [0.3, 0.4) is 0 Å². The summed E-state index contributed by atoms with van der Waals surface area (Å²) in [5, 5.41) is 3.52. The molecule has 3 nitrogen and oxygen atoms in total. The van der Waals surface area contributed by atoms with E-state index >= 15 is 0 Å². The van der Waals surface area contributed by atoms with Crippen LogP contribution in [0.15, 0.2) is 24.3 Å². The van der Waals surface area contributed by atoms with E-state index in [4.69, 9.17) is 4.74 Å². The summed E-state index contributed by atoms with van der Waals surface area (Å²) >= 11 is 0. The second-order valence-corrected chi connectivity index (χ2v) is 4.86. The highest BCUT2D eigenvalue weighted by Gasteiger charge is 2.33. The topological polar surface area (TPSA) is 24.5 Å². The van der Waals surface area contributed by atoms with Crippen molar-refractivity contribution in [1.82, 2.24) is 10.2 Å². The predicted octanol–water partition coefficient (Wildman–Crippen LogP) is 1.84. The molecule has 3 heteroatoms. The molecule has 1 saturated heterocycles. The summed E-state index contributed by atoms with van der Waals surface area (Å²) in [6.07, 6.45) is 2.32. The van der Waals surface area contributed by atoms with Gasteiger partial charge in [-0.15, -0.1) is 0 Å². The third-order valence-electron chi connectivity index (χ3n) is 3.96. The highest BCUT2D eigenvalue weighted by molar-refractivity contribution is 5.32. The van der Waals surface area contributed by atoms with Gasteiger partial charge in [0.25, 0.3) is 0 Å². The highest BCUT2D eigenvalue weighted by atomic mass is 16.5. The summed E-state index contributed by atoms with van der Waals surface area (Å²) in [6.45, 7) is 2.29. The molecule has 0 radical (unpaired) electrons. The van der Waals surface area contributed by atoms with Gasteiger partial charge >= 0.3 is 0 Å². The molecule has 0 unspecified atom stereocenters. The van der Waals surface area contributed by atoms with E-state index in [1.165, 1.54) is 5.56 Å². The molecule has 1 fully saturated rings. The quantitative estimate of drug-likeness (QED) is 0.863. The van der Waals surface area contributed by atoms with Crippen molar-refractivity contribution in [3.05, 3.63) is 29.8 Å². The first-order valence-corrected chi connectivity index (χ1v) is 6.22. The Morgan fingerprint density at radius 2 is 1.76 bits per heavy atom. The van der Waals surface area contributed by atoms with Gasteiger partial charge in [-0.05, 0) is 57.7 Å². The predicted molar refractivity (Wildman–Crippen MR) is 70.5 cm³/mol. The van der Waals surface area contributed by atoms with Crippen molar-refractivity contribution in [1.29, 1.82) is 0 Å². The Bertz CT molecular complexity index is 353. The Kier molecular flexibility index (Phi) is 3.69. The van der Waals surface area contributed by atoms with E-state index in [2.05, 4.69) is 36.4 Å². The number of hydrogen-bond acceptors (Lipinski definition) is 3. The first-order chi connectivity index (χ1) is 8.20. The highest BCUT2D eigenvalue weighted by Crippen LogP contribution is 2.32. The monoisotopic (exact) mass is 234 g/mol. The molecule has 0 aromatic heterocycles. The van der Waals surface area contributed by atoms with Gasteiger partial charge in [-0.25, -0.2) is 0 Å². The molecule has 1 aromatic carbocycles. The first kappa shape index (κ1) is 12.4. The van der Waals surface area contributed by atoms with E-state index in [0.29, 0.717) is 0 Å². The van der Waals surface area contributed by atoms with Crippen LogP contribution in [0.5, 0.6) is 5.75 Å². The molecule has 0 spiro atoms. The molecule has 94 valence electrons. The van der Waals surface area contributed by atoms with E-state index in [-0.39, 0.29) is 5.54 Å².